The molecule has 3 rings (SSSR count). The van der Waals surface area contributed by atoms with Gasteiger partial charge in [0.1, 0.15) is 11.5 Å². The van der Waals surface area contributed by atoms with Gasteiger partial charge in [-0.05, 0) is 54.8 Å². The lowest BCUT2D eigenvalue weighted by atomic mass is 9.94. The van der Waals surface area contributed by atoms with E-state index >= 15 is 0 Å². The highest BCUT2D eigenvalue weighted by Crippen LogP contribution is 2.42. The number of amides is 1. The zero-order valence-electron chi connectivity index (χ0n) is 18.5. The standard InChI is InChI=1S/C24H27NO7/c1-14-12-16(7-9-18(14)31-3)22(27)20-21(15-6-8-17(26)19(13-15)32-4)25(10-5-11-30-2)24(29)23(20)28/h6-9,12-13,21,26-27H,5,10-11H2,1-4H3/b22-20+/t21-/m0/s1. The average molecular weight is 441 g/mol. The van der Waals surface area contributed by atoms with Gasteiger partial charge in [0.2, 0.25) is 0 Å². The number of aliphatic hydroxyl groups excluding tert-OH is 1. The summed E-state index contributed by atoms with van der Waals surface area (Å²) in [5.41, 5.74) is 1.68. The highest BCUT2D eigenvalue weighted by molar-refractivity contribution is 6.46. The Kier molecular flexibility index (Phi) is 7.05. The van der Waals surface area contributed by atoms with Crippen molar-refractivity contribution in [3.05, 3.63) is 58.7 Å². The van der Waals surface area contributed by atoms with Crippen molar-refractivity contribution in [1.29, 1.82) is 0 Å². The second-order valence-corrected chi connectivity index (χ2v) is 7.45. The third-order valence-corrected chi connectivity index (χ3v) is 5.48. The third kappa shape index (κ3) is 4.27. The smallest absolute Gasteiger partial charge is 0.295 e. The number of carbonyl (C=O) groups is 2. The molecule has 0 saturated carbocycles. The molecule has 0 aromatic heterocycles. The van der Waals surface area contributed by atoms with Crippen molar-refractivity contribution in [2.45, 2.75) is 19.4 Å². The van der Waals surface area contributed by atoms with E-state index in [0.29, 0.717) is 29.9 Å². The molecule has 1 aliphatic heterocycles. The number of aliphatic hydroxyl groups is 1. The number of nitrogens with zero attached hydrogens (tertiary/aromatic N) is 1. The molecule has 8 heteroatoms. The number of hydrogen-bond donors (Lipinski definition) is 2. The lowest BCUT2D eigenvalue weighted by Crippen LogP contribution is -2.31. The molecule has 1 amide bonds. The number of phenols is 1. The molecule has 170 valence electrons. The monoisotopic (exact) mass is 441 g/mol. The topological polar surface area (TPSA) is 106 Å². The van der Waals surface area contributed by atoms with Crippen LogP contribution in [0.3, 0.4) is 0 Å². The van der Waals surface area contributed by atoms with Crippen molar-refractivity contribution >= 4 is 17.4 Å². The average Bonchev–Trinajstić information content (AvgIpc) is 3.04. The Hall–Kier alpha value is -3.52. The van der Waals surface area contributed by atoms with Crippen molar-refractivity contribution < 1.29 is 34.0 Å². The number of aryl methyl sites for hydroxylation is 1. The Labute approximate surface area is 186 Å². The van der Waals surface area contributed by atoms with Gasteiger partial charge in [-0.3, -0.25) is 9.59 Å². The first kappa shape index (κ1) is 23.1. The van der Waals surface area contributed by atoms with E-state index in [4.69, 9.17) is 14.2 Å². The summed E-state index contributed by atoms with van der Waals surface area (Å²) >= 11 is 0. The van der Waals surface area contributed by atoms with Crippen LogP contribution in [0.4, 0.5) is 0 Å². The molecule has 2 N–H and O–H groups in total. The minimum absolute atomic E-state index is 0.0234. The van der Waals surface area contributed by atoms with Crippen LogP contribution in [-0.4, -0.2) is 61.3 Å². The zero-order valence-corrected chi connectivity index (χ0v) is 18.5. The first-order valence-corrected chi connectivity index (χ1v) is 10.1. The van der Waals surface area contributed by atoms with Crippen LogP contribution in [0.1, 0.15) is 29.2 Å². The van der Waals surface area contributed by atoms with Crippen LogP contribution in [0.2, 0.25) is 0 Å². The second kappa shape index (κ2) is 9.74. The molecule has 0 aliphatic carbocycles. The van der Waals surface area contributed by atoms with E-state index in [2.05, 4.69) is 0 Å². The Morgan fingerprint density at radius 2 is 1.75 bits per heavy atom. The van der Waals surface area contributed by atoms with Gasteiger partial charge in [0.25, 0.3) is 11.7 Å². The Morgan fingerprint density at radius 3 is 2.38 bits per heavy atom. The molecule has 0 radical (unpaired) electrons. The quantitative estimate of drug-likeness (QED) is 0.281. The molecular formula is C24H27NO7. The van der Waals surface area contributed by atoms with Gasteiger partial charge in [0, 0.05) is 25.8 Å². The van der Waals surface area contributed by atoms with E-state index < -0.39 is 17.7 Å². The van der Waals surface area contributed by atoms with Crippen molar-refractivity contribution in [2.75, 3.05) is 34.5 Å². The summed E-state index contributed by atoms with van der Waals surface area (Å²) in [6, 6.07) is 8.77. The summed E-state index contributed by atoms with van der Waals surface area (Å²) in [6.45, 7) is 2.48. The van der Waals surface area contributed by atoms with Crippen LogP contribution in [0.5, 0.6) is 17.2 Å². The molecule has 1 fully saturated rings. The van der Waals surface area contributed by atoms with Crippen LogP contribution in [-0.2, 0) is 14.3 Å². The number of benzene rings is 2. The fourth-order valence-electron chi connectivity index (χ4n) is 3.88. The molecule has 0 bridgehead atoms. The fraction of sp³-hybridized carbons (Fsp3) is 0.333. The molecule has 2 aromatic rings. The molecule has 32 heavy (non-hydrogen) atoms. The maximum absolute atomic E-state index is 13.0. The van der Waals surface area contributed by atoms with E-state index in [1.165, 1.54) is 18.1 Å². The van der Waals surface area contributed by atoms with Gasteiger partial charge in [0.05, 0.1) is 25.8 Å². The van der Waals surface area contributed by atoms with E-state index in [9.17, 15) is 19.8 Å². The number of hydrogen-bond acceptors (Lipinski definition) is 7. The van der Waals surface area contributed by atoms with E-state index in [0.717, 1.165) is 5.56 Å². The number of likely N-dealkylation sites (tertiary alicyclic amines) is 1. The maximum atomic E-state index is 13.0. The van der Waals surface area contributed by atoms with Crippen molar-refractivity contribution in [2.24, 2.45) is 0 Å². The van der Waals surface area contributed by atoms with Crippen LogP contribution >= 0.6 is 0 Å². The Bertz CT molecular complexity index is 1060. The zero-order chi connectivity index (χ0) is 23.4. The molecule has 2 aromatic carbocycles. The summed E-state index contributed by atoms with van der Waals surface area (Å²) in [4.78, 5) is 27.4. The molecular weight excluding hydrogens is 414 g/mol. The van der Waals surface area contributed by atoms with Crippen LogP contribution in [0.15, 0.2) is 42.0 Å². The van der Waals surface area contributed by atoms with Crippen molar-refractivity contribution in [3.63, 3.8) is 0 Å². The molecule has 0 unspecified atom stereocenters. The third-order valence-electron chi connectivity index (χ3n) is 5.48. The minimum Gasteiger partial charge on any atom is -0.507 e. The lowest BCUT2D eigenvalue weighted by Gasteiger charge is -2.25. The molecule has 1 aliphatic rings. The number of ketones is 1. The lowest BCUT2D eigenvalue weighted by molar-refractivity contribution is -0.140. The molecule has 1 atom stereocenters. The highest BCUT2D eigenvalue weighted by Gasteiger charge is 2.46. The van der Waals surface area contributed by atoms with Gasteiger partial charge >= 0.3 is 0 Å². The summed E-state index contributed by atoms with van der Waals surface area (Å²) < 4.78 is 15.6. The highest BCUT2D eigenvalue weighted by atomic mass is 16.5. The Balaban J connectivity index is 2.17. The number of carbonyl (C=O) groups excluding carboxylic acids is 2. The second-order valence-electron chi connectivity index (χ2n) is 7.45. The molecule has 1 heterocycles. The number of ether oxygens (including phenoxy) is 3. The summed E-state index contributed by atoms with van der Waals surface area (Å²) in [6.07, 6.45) is 0.511. The first-order chi connectivity index (χ1) is 15.3. The van der Waals surface area contributed by atoms with Crippen LogP contribution in [0, 0.1) is 6.92 Å². The predicted molar refractivity (Wildman–Crippen MR) is 118 cm³/mol. The molecule has 0 spiro atoms. The van der Waals surface area contributed by atoms with Gasteiger partial charge in [-0.25, -0.2) is 0 Å². The van der Waals surface area contributed by atoms with E-state index in [1.54, 1.807) is 44.6 Å². The van der Waals surface area contributed by atoms with Crippen molar-refractivity contribution in [3.8, 4) is 17.2 Å². The van der Waals surface area contributed by atoms with Gasteiger partial charge in [0.15, 0.2) is 11.5 Å². The van der Waals surface area contributed by atoms with Gasteiger partial charge in [-0.1, -0.05) is 6.07 Å². The van der Waals surface area contributed by atoms with Crippen LogP contribution < -0.4 is 9.47 Å². The molecule has 1 saturated heterocycles. The minimum atomic E-state index is -0.844. The maximum Gasteiger partial charge on any atom is 0.295 e. The predicted octanol–water partition coefficient (Wildman–Crippen LogP) is 3.18. The van der Waals surface area contributed by atoms with E-state index in [-0.39, 0.29) is 29.4 Å². The summed E-state index contributed by atoms with van der Waals surface area (Å²) in [7, 11) is 4.52. The largest absolute Gasteiger partial charge is 0.507 e. The van der Waals surface area contributed by atoms with Crippen LogP contribution in [0.25, 0.3) is 5.76 Å². The van der Waals surface area contributed by atoms with Crippen molar-refractivity contribution in [1.82, 2.24) is 4.90 Å². The van der Waals surface area contributed by atoms with E-state index in [1.807, 2.05) is 6.92 Å². The van der Waals surface area contributed by atoms with Gasteiger partial charge in [-0.15, -0.1) is 0 Å². The fourth-order valence-corrected chi connectivity index (χ4v) is 3.88. The summed E-state index contributed by atoms with van der Waals surface area (Å²) in [5.74, 6) is -0.985. The normalized spacial score (nSPS) is 17.6. The number of methoxy groups -OCH3 is 3. The van der Waals surface area contributed by atoms with Gasteiger partial charge < -0.3 is 29.3 Å². The number of Topliss-reactive ketones (excluding diaryl/α,β-unsaturated/α-hetero) is 1. The first-order valence-electron chi connectivity index (χ1n) is 10.1. The number of rotatable bonds is 8. The van der Waals surface area contributed by atoms with Gasteiger partial charge in [-0.2, -0.15) is 0 Å². The molecule has 8 nitrogen and oxygen atoms in total. The summed E-state index contributed by atoms with van der Waals surface area (Å²) in [5, 5.41) is 21.1. The SMILES string of the molecule is COCCCN1C(=O)C(=O)/C(=C(/O)c2ccc(OC)c(C)c2)[C@@H]1c1ccc(O)c(OC)c1. The number of aromatic hydroxyl groups is 1. The Morgan fingerprint density at radius 1 is 1.03 bits per heavy atom. The number of phenolic OH excluding ortho intramolecular Hbond substituents is 1.